The number of benzene rings is 2. The van der Waals surface area contributed by atoms with Crippen LogP contribution in [0, 0.1) is 6.92 Å². The molecule has 4 heteroatoms. The maximum Gasteiger partial charge on any atom is 0.343 e. The summed E-state index contributed by atoms with van der Waals surface area (Å²) in [7, 11) is 0. The Labute approximate surface area is 119 Å². The van der Waals surface area contributed by atoms with Crippen molar-refractivity contribution in [3.8, 4) is 5.75 Å². The molecular weight excluding hydrogens is 316 g/mol. The number of carbonyl (C=O) groups excluding carboxylic acids is 1. The van der Waals surface area contributed by atoms with Gasteiger partial charge in [-0.3, -0.25) is 0 Å². The highest BCUT2D eigenvalue weighted by Gasteiger charge is 2.11. The third-order valence-corrected chi connectivity index (χ3v) is 3.61. The van der Waals surface area contributed by atoms with Crippen molar-refractivity contribution in [3.05, 3.63) is 63.1 Å². The highest BCUT2D eigenvalue weighted by molar-refractivity contribution is 9.10. The van der Waals surface area contributed by atoms with E-state index in [-0.39, 0.29) is 0 Å². The minimum atomic E-state index is -0.427. The molecule has 92 valence electrons. The smallest absolute Gasteiger partial charge is 0.343 e. The third kappa shape index (κ3) is 2.92. The number of hydrogen-bond donors (Lipinski definition) is 0. The van der Waals surface area contributed by atoms with E-state index in [4.69, 9.17) is 16.3 Å². The van der Waals surface area contributed by atoms with Gasteiger partial charge in [0.05, 0.1) is 10.6 Å². The first-order chi connectivity index (χ1) is 8.58. The van der Waals surface area contributed by atoms with Gasteiger partial charge in [0.2, 0.25) is 0 Å². The maximum absolute atomic E-state index is 11.9. The van der Waals surface area contributed by atoms with Crippen molar-refractivity contribution in [3.63, 3.8) is 0 Å². The van der Waals surface area contributed by atoms with Gasteiger partial charge in [0.1, 0.15) is 5.75 Å². The number of rotatable bonds is 2. The molecule has 0 aliphatic rings. The van der Waals surface area contributed by atoms with Gasteiger partial charge in [-0.05, 0) is 36.8 Å². The first kappa shape index (κ1) is 13.1. The van der Waals surface area contributed by atoms with E-state index in [2.05, 4.69) is 15.9 Å². The summed E-state index contributed by atoms with van der Waals surface area (Å²) >= 11 is 9.31. The normalized spacial score (nSPS) is 10.2. The lowest BCUT2D eigenvalue weighted by Gasteiger charge is -2.07. The van der Waals surface area contributed by atoms with E-state index >= 15 is 0 Å². The molecule has 0 radical (unpaired) electrons. The second-order valence-corrected chi connectivity index (χ2v) is 5.05. The molecular formula is C14H10BrClO2. The first-order valence-electron chi connectivity index (χ1n) is 5.31. The van der Waals surface area contributed by atoms with Gasteiger partial charge in [-0.25, -0.2) is 4.79 Å². The van der Waals surface area contributed by atoms with Crippen molar-refractivity contribution in [1.29, 1.82) is 0 Å². The second kappa shape index (κ2) is 5.55. The Balaban J connectivity index is 2.22. The fourth-order valence-corrected chi connectivity index (χ4v) is 1.96. The zero-order valence-electron chi connectivity index (χ0n) is 9.61. The molecule has 0 aliphatic carbocycles. The number of ether oxygens (including phenoxy) is 1. The van der Waals surface area contributed by atoms with E-state index in [0.29, 0.717) is 16.3 Å². The van der Waals surface area contributed by atoms with Crippen LogP contribution in [0.3, 0.4) is 0 Å². The molecule has 2 rings (SSSR count). The third-order valence-electron chi connectivity index (χ3n) is 2.45. The molecule has 0 aliphatic heterocycles. The molecule has 0 amide bonds. The van der Waals surface area contributed by atoms with E-state index in [1.165, 1.54) is 0 Å². The van der Waals surface area contributed by atoms with E-state index in [1.807, 2.05) is 13.0 Å². The van der Waals surface area contributed by atoms with Crippen LogP contribution in [0.25, 0.3) is 0 Å². The van der Waals surface area contributed by atoms with Gasteiger partial charge in [-0.1, -0.05) is 45.7 Å². The Hall–Kier alpha value is -1.32. The SMILES string of the molecule is Cc1ccc(C(=O)Oc2ccccc2Cl)cc1Br. The summed E-state index contributed by atoms with van der Waals surface area (Å²) in [4.78, 5) is 11.9. The predicted molar refractivity (Wildman–Crippen MR) is 75.3 cm³/mol. The fourth-order valence-electron chi connectivity index (χ4n) is 1.41. The lowest BCUT2D eigenvalue weighted by atomic mass is 10.1. The summed E-state index contributed by atoms with van der Waals surface area (Å²) in [5.41, 5.74) is 1.54. The van der Waals surface area contributed by atoms with Crippen LogP contribution in [0.1, 0.15) is 15.9 Å². The predicted octanol–water partition coefficient (Wildman–Crippen LogP) is 4.63. The monoisotopic (exact) mass is 324 g/mol. The topological polar surface area (TPSA) is 26.3 Å². The Kier molecular flexibility index (Phi) is 4.04. The summed E-state index contributed by atoms with van der Waals surface area (Å²) in [6.45, 7) is 1.95. The highest BCUT2D eigenvalue weighted by atomic mass is 79.9. The Morgan fingerprint density at radius 2 is 1.94 bits per heavy atom. The number of hydrogen-bond acceptors (Lipinski definition) is 2. The fraction of sp³-hybridized carbons (Fsp3) is 0.0714. The van der Waals surface area contributed by atoms with Crippen molar-refractivity contribution in [1.82, 2.24) is 0 Å². The van der Waals surface area contributed by atoms with E-state index in [1.54, 1.807) is 36.4 Å². The van der Waals surface area contributed by atoms with Crippen LogP contribution in [-0.2, 0) is 0 Å². The van der Waals surface area contributed by atoms with Gasteiger partial charge in [0.15, 0.2) is 0 Å². The Morgan fingerprint density at radius 3 is 2.61 bits per heavy atom. The molecule has 2 aromatic rings. The average Bonchev–Trinajstić information content (AvgIpc) is 2.35. The number of aryl methyl sites for hydroxylation is 1. The number of para-hydroxylation sites is 1. The van der Waals surface area contributed by atoms with Crippen molar-refractivity contribution < 1.29 is 9.53 Å². The lowest BCUT2D eigenvalue weighted by Crippen LogP contribution is -2.08. The van der Waals surface area contributed by atoms with Crippen molar-refractivity contribution in [2.75, 3.05) is 0 Å². The van der Waals surface area contributed by atoms with E-state index < -0.39 is 5.97 Å². The van der Waals surface area contributed by atoms with Crippen LogP contribution in [-0.4, -0.2) is 5.97 Å². The van der Waals surface area contributed by atoms with Crippen LogP contribution in [0.4, 0.5) is 0 Å². The van der Waals surface area contributed by atoms with Crippen LogP contribution >= 0.6 is 27.5 Å². The summed E-state index contributed by atoms with van der Waals surface area (Å²) in [5.74, 6) is -0.0651. The number of carbonyl (C=O) groups is 1. The molecule has 2 nitrogen and oxygen atoms in total. The quantitative estimate of drug-likeness (QED) is 0.594. The molecule has 2 aromatic carbocycles. The molecule has 0 saturated heterocycles. The first-order valence-corrected chi connectivity index (χ1v) is 6.48. The van der Waals surface area contributed by atoms with Crippen molar-refractivity contribution in [2.45, 2.75) is 6.92 Å². The second-order valence-electron chi connectivity index (χ2n) is 3.78. The molecule has 0 N–H and O–H groups in total. The molecule has 0 spiro atoms. The Bertz CT molecular complexity index is 596. The van der Waals surface area contributed by atoms with Gasteiger partial charge in [0, 0.05) is 4.47 Å². The summed E-state index contributed by atoms with van der Waals surface area (Å²) in [6.07, 6.45) is 0. The van der Waals surface area contributed by atoms with Gasteiger partial charge in [-0.15, -0.1) is 0 Å². The zero-order valence-corrected chi connectivity index (χ0v) is 12.0. The largest absolute Gasteiger partial charge is 0.421 e. The minimum Gasteiger partial charge on any atom is -0.421 e. The molecule has 0 fully saturated rings. The Morgan fingerprint density at radius 1 is 1.22 bits per heavy atom. The van der Waals surface area contributed by atoms with Crippen LogP contribution in [0.2, 0.25) is 5.02 Å². The maximum atomic E-state index is 11.9. The van der Waals surface area contributed by atoms with Crippen LogP contribution < -0.4 is 4.74 Å². The summed E-state index contributed by atoms with van der Waals surface area (Å²) in [5, 5.41) is 0.414. The molecule has 0 heterocycles. The van der Waals surface area contributed by atoms with Crippen molar-refractivity contribution >= 4 is 33.5 Å². The zero-order chi connectivity index (χ0) is 13.1. The van der Waals surface area contributed by atoms with E-state index in [9.17, 15) is 4.79 Å². The van der Waals surface area contributed by atoms with Gasteiger partial charge >= 0.3 is 5.97 Å². The standard InChI is InChI=1S/C14H10BrClO2/c1-9-6-7-10(8-11(9)15)14(17)18-13-5-3-2-4-12(13)16/h2-8H,1H3. The number of halogens is 2. The molecule has 0 unspecified atom stereocenters. The molecule has 0 saturated carbocycles. The van der Waals surface area contributed by atoms with Crippen LogP contribution in [0.5, 0.6) is 5.75 Å². The van der Waals surface area contributed by atoms with E-state index in [0.717, 1.165) is 10.0 Å². The van der Waals surface area contributed by atoms with Gasteiger partial charge < -0.3 is 4.74 Å². The summed E-state index contributed by atoms with van der Waals surface area (Å²) < 4.78 is 6.11. The lowest BCUT2D eigenvalue weighted by molar-refractivity contribution is 0.0735. The average molecular weight is 326 g/mol. The molecule has 0 aromatic heterocycles. The molecule has 18 heavy (non-hydrogen) atoms. The van der Waals surface area contributed by atoms with Crippen LogP contribution in [0.15, 0.2) is 46.9 Å². The van der Waals surface area contributed by atoms with Gasteiger partial charge in [0.25, 0.3) is 0 Å². The highest BCUT2D eigenvalue weighted by Crippen LogP contribution is 2.25. The van der Waals surface area contributed by atoms with Crippen molar-refractivity contribution in [2.24, 2.45) is 0 Å². The molecule has 0 atom stereocenters. The minimum absolute atomic E-state index is 0.362. The molecule has 0 bridgehead atoms. The summed E-state index contributed by atoms with van der Waals surface area (Å²) in [6, 6.07) is 12.2. The van der Waals surface area contributed by atoms with Gasteiger partial charge in [-0.2, -0.15) is 0 Å². The number of esters is 1.